The van der Waals surface area contributed by atoms with E-state index in [2.05, 4.69) is 6.92 Å². The molecule has 3 nitrogen and oxygen atoms in total. The fourth-order valence-corrected chi connectivity index (χ4v) is 3.39. The summed E-state index contributed by atoms with van der Waals surface area (Å²) in [7, 11) is 0. The van der Waals surface area contributed by atoms with Crippen LogP contribution in [0, 0.1) is 0 Å². The summed E-state index contributed by atoms with van der Waals surface area (Å²) < 4.78 is 5.46. The maximum atomic E-state index is 10.1. The zero-order valence-corrected chi connectivity index (χ0v) is 18.0. The molecule has 0 bridgehead atoms. The third-order valence-corrected chi connectivity index (χ3v) is 5.29. The highest BCUT2D eigenvalue weighted by Crippen LogP contribution is 2.13. The van der Waals surface area contributed by atoms with Crippen molar-refractivity contribution in [2.24, 2.45) is 5.73 Å². The van der Waals surface area contributed by atoms with Gasteiger partial charge in [-0.15, -0.1) is 0 Å². The minimum atomic E-state index is -0.636. The first kappa shape index (κ1) is 24.7. The maximum Gasteiger partial charge on any atom is 0.112 e. The molecule has 0 fully saturated rings. The number of aliphatic hydroxyl groups excluding tert-OH is 1. The SMILES string of the molecule is CCCCCCCCCCCCCC[C@@H](N)[C@H](O)/C=C/OCc1ccccc1. The van der Waals surface area contributed by atoms with Crippen LogP contribution in [0.25, 0.3) is 0 Å². The van der Waals surface area contributed by atoms with Crippen LogP contribution in [-0.4, -0.2) is 17.3 Å². The molecule has 0 spiro atoms. The molecule has 0 aromatic heterocycles. The lowest BCUT2D eigenvalue weighted by molar-refractivity contribution is 0.173. The fraction of sp³-hybridized carbons (Fsp3) is 0.680. The first-order valence-corrected chi connectivity index (χ1v) is 11.5. The van der Waals surface area contributed by atoms with Gasteiger partial charge in [-0.1, -0.05) is 114 Å². The molecule has 0 saturated heterocycles. The van der Waals surface area contributed by atoms with Crippen LogP contribution in [0.3, 0.4) is 0 Å². The Labute approximate surface area is 173 Å². The molecular weight excluding hydrogens is 346 g/mol. The van der Waals surface area contributed by atoms with E-state index in [-0.39, 0.29) is 6.04 Å². The summed E-state index contributed by atoms with van der Waals surface area (Å²) >= 11 is 0. The molecule has 3 N–H and O–H groups in total. The van der Waals surface area contributed by atoms with Crippen LogP contribution in [0.2, 0.25) is 0 Å². The molecule has 0 aliphatic carbocycles. The Morgan fingerprint density at radius 1 is 0.857 bits per heavy atom. The lowest BCUT2D eigenvalue weighted by atomic mass is 10.0. The van der Waals surface area contributed by atoms with Gasteiger partial charge in [-0.25, -0.2) is 0 Å². The highest BCUT2D eigenvalue weighted by Gasteiger charge is 2.11. The fourth-order valence-electron chi connectivity index (χ4n) is 3.39. The normalized spacial score (nSPS) is 13.7. The van der Waals surface area contributed by atoms with Crippen LogP contribution in [0.15, 0.2) is 42.7 Å². The molecule has 28 heavy (non-hydrogen) atoms. The van der Waals surface area contributed by atoms with Crippen LogP contribution in [0.1, 0.15) is 96.0 Å². The molecule has 160 valence electrons. The van der Waals surface area contributed by atoms with Crippen molar-refractivity contribution in [2.75, 3.05) is 0 Å². The monoisotopic (exact) mass is 389 g/mol. The van der Waals surface area contributed by atoms with Crippen molar-refractivity contribution < 1.29 is 9.84 Å². The second-order valence-electron chi connectivity index (χ2n) is 7.96. The molecule has 0 amide bonds. The summed E-state index contributed by atoms with van der Waals surface area (Å²) in [5.41, 5.74) is 7.20. The van der Waals surface area contributed by atoms with Gasteiger partial charge in [0, 0.05) is 6.04 Å². The summed E-state index contributed by atoms with van der Waals surface area (Å²) in [6.07, 6.45) is 19.5. The number of aliphatic hydroxyl groups is 1. The topological polar surface area (TPSA) is 55.5 Å². The molecule has 0 unspecified atom stereocenters. The van der Waals surface area contributed by atoms with Crippen LogP contribution in [0.5, 0.6) is 0 Å². The molecular formula is C25H43NO2. The van der Waals surface area contributed by atoms with E-state index in [4.69, 9.17) is 10.5 Å². The highest BCUT2D eigenvalue weighted by molar-refractivity contribution is 5.13. The molecule has 2 atom stereocenters. The van der Waals surface area contributed by atoms with Gasteiger partial charge in [0.1, 0.15) is 6.61 Å². The zero-order valence-electron chi connectivity index (χ0n) is 18.0. The number of ether oxygens (including phenoxy) is 1. The number of unbranched alkanes of at least 4 members (excludes halogenated alkanes) is 11. The summed E-state index contributed by atoms with van der Waals surface area (Å²) in [5, 5.41) is 10.1. The van der Waals surface area contributed by atoms with E-state index >= 15 is 0 Å². The van der Waals surface area contributed by atoms with Crippen molar-refractivity contribution in [1.29, 1.82) is 0 Å². The Kier molecular flexibility index (Phi) is 15.7. The van der Waals surface area contributed by atoms with E-state index in [1.807, 2.05) is 30.3 Å². The maximum absolute atomic E-state index is 10.1. The van der Waals surface area contributed by atoms with Crippen LogP contribution in [-0.2, 0) is 11.3 Å². The molecule has 0 saturated carbocycles. The van der Waals surface area contributed by atoms with Gasteiger partial charge >= 0.3 is 0 Å². The highest BCUT2D eigenvalue weighted by atomic mass is 16.5. The van der Waals surface area contributed by atoms with Gasteiger partial charge in [-0.05, 0) is 18.1 Å². The van der Waals surface area contributed by atoms with Gasteiger partial charge in [0.2, 0.25) is 0 Å². The predicted octanol–water partition coefficient (Wildman–Crippen LogP) is 6.50. The number of nitrogens with two attached hydrogens (primary N) is 1. The molecule has 1 rings (SSSR count). The molecule has 1 aromatic carbocycles. The van der Waals surface area contributed by atoms with E-state index in [1.54, 1.807) is 12.3 Å². The molecule has 0 aliphatic rings. The summed E-state index contributed by atoms with van der Waals surface area (Å²) in [4.78, 5) is 0. The van der Waals surface area contributed by atoms with Crippen molar-refractivity contribution in [3.8, 4) is 0 Å². The minimum absolute atomic E-state index is 0.209. The molecule has 1 aromatic rings. The van der Waals surface area contributed by atoms with Gasteiger partial charge < -0.3 is 15.6 Å². The minimum Gasteiger partial charge on any atom is -0.497 e. The Morgan fingerprint density at radius 2 is 1.39 bits per heavy atom. The predicted molar refractivity (Wildman–Crippen MR) is 120 cm³/mol. The van der Waals surface area contributed by atoms with Gasteiger partial charge in [-0.2, -0.15) is 0 Å². The van der Waals surface area contributed by atoms with E-state index in [0.717, 1.165) is 18.4 Å². The van der Waals surface area contributed by atoms with Crippen molar-refractivity contribution >= 4 is 0 Å². The number of hydrogen-bond donors (Lipinski definition) is 2. The van der Waals surface area contributed by atoms with Gasteiger partial charge in [-0.3, -0.25) is 0 Å². The van der Waals surface area contributed by atoms with E-state index in [0.29, 0.717) is 6.61 Å². The second kappa shape index (κ2) is 17.8. The zero-order chi connectivity index (χ0) is 20.3. The molecule has 0 heterocycles. The second-order valence-corrected chi connectivity index (χ2v) is 7.96. The van der Waals surface area contributed by atoms with Crippen molar-refractivity contribution in [1.82, 2.24) is 0 Å². The van der Waals surface area contributed by atoms with E-state index in [1.165, 1.54) is 70.6 Å². The Bertz CT molecular complexity index is 475. The number of benzene rings is 1. The van der Waals surface area contributed by atoms with Gasteiger partial charge in [0.25, 0.3) is 0 Å². The Hall–Kier alpha value is -1.32. The number of rotatable bonds is 18. The Morgan fingerprint density at radius 3 is 1.96 bits per heavy atom. The molecule has 0 radical (unpaired) electrons. The summed E-state index contributed by atoms with van der Waals surface area (Å²) in [6, 6.07) is 9.79. The van der Waals surface area contributed by atoms with Gasteiger partial charge in [0.05, 0.1) is 12.4 Å². The van der Waals surface area contributed by atoms with Crippen LogP contribution < -0.4 is 5.73 Å². The largest absolute Gasteiger partial charge is 0.497 e. The first-order chi connectivity index (χ1) is 13.7. The average Bonchev–Trinajstić information content (AvgIpc) is 2.72. The Balaban J connectivity index is 1.92. The van der Waals surface area contributed by atoms with Crippen molar-refractivity contribution in [2.45, 2.75) is 109 Å². The lowest BCUT2D eigenvalue weighted by Crippen LogP contribution is -2.33. The number of hydrogen-bond acceptors (Lipinski definition) is 3. The van der Waals surface area contributed by atoms with Gasteiger partial charge in [0.15, 0.2) is 0 Å². The van der Waals surface area contributed by atoms with Crippen molar-refractivity contribution in [3.63, 3.8) is 0 Å². The third kappa shape index (κ3) is 13.8. The smallest absolute Gasteiger partial charge is 0.112 e. The average molecular weight is 390 g/mol. The summed E-state index contributed by atoms with van der Waals surface area (Å²) in [6.45, 7) is 2.78. The standard InChI is InChI=1S/C25H43NO2/c1-2-3-4-5-6-7-8-9-10-11-12-16-19-24(26)25(27)20-21-28-22-23-17-14-13-15-18-23/h13-15,17-18,20-21,24-25,27H,2-12,16,19,22,26H2,1H3/b21-20+/t24-,25-/m1/s1. The van der Waals surface area contributed by atoms with Crippen LogP contribution in [0.4, 0.5) is 0 Å². The first-order valence-electron chi connectivity index (χ1n) is 11.5. The molecule has 3 heteroatoms. The van der Waals surface area contributed by atoms with Crippen LogP contribution >= 0.6 is 0 Å². The molecule has 0 aliphatic heterocycles. The quantitative estimate of drug-likeness (QED) is 0.223. The van der Waals surface area contributed by atoms with E-state index < -0.39 is 6.10 Å². The van der Waals surface area contributed by atoms with Crippen molar-refractivity contribution in [3.05, 3.63) is 48.2 Å². The third-order valence-electron chi connectivity index (χ3n) is 5.29. The van der Waals surface area contributed by atoms with E-state index in [9.17, 15) is 5.11 Å². The lowest BCUT2D eigenvalue weighted by Gasteiger charge is -2.15. The summed E-state index contributed by atoms with van der Waals surface area (Å²) in [5.74, 6) is 0.